The average molecular weight is 242 g/mol. The van der Waals surface area contributed by atoms with Gasteiger partial charge in [-0.1, -0.05) is 12.8 Å². The molecule has 17 heavy (non-hydrogen) atoms. The van der Waals surface area contributed by atoms with Crippen molar-refractivity contribution in [3.8, 4) is 0 Å². The lowest BCUT2D eigenvalue weighted by Gasteiger charge is -2.23. The maximum Gasteiger partial charge on any atom is 0.323 e. The number of ether oxygens (including phenoxy) is 1. The van der Waals surface area contributed by atoms with Gasteiger partial charge < -0.3 is 15.0 Å². The third-order valence-corrected chi connectivity index (χ3v) is 3.34. The molecule has 0 bridgehead atoms. The van der Waals surface area contributed by atoms with E-state index in [0.29, 0.717) is 12.5 Å². The Labute approximate surface area is 105 Å². The van der Waals surface area contributed by atoms with Gasteiger partial charge in [0.2, 0.25) is 0 Å². The van der Waals surface area contributed by atoms with Gasteiger partial charge in [-0.15, -0.1) is 0 Å². The Balaban J connectivity index is 2.43. The highest BCUT2D eigenvalue weighted by atomic mass is 16.5. The molecule has 1 atom stereocenters. The smallest absolute Gasteiger partial charge is 0.323 e. The standard InChI is InChI=1S/C13H26N2O2/c1-4-17-13(16)12(11-7-5-6-8-11)14-9-10-15(2)3/h11-12,14H,4-10H2,1-3H3. The van der Waals surface area contributed by atoms with Gasteiger partial charge in [0.1, 0.15) is 6.04 Å². The second kappa shape index (κ2) is 7.67. The fraction of sp³-hybridized carbons (Fsp3) is 0.923. The lowest BCUT2D eigenvalue weighted by atomic mass is 9.98. The normalized spacial score (nSPS) is 18.6. The van der Waals surface area contributed by atoms with Crippen LogP contribution in [-0.4, -0.2) is 50.7 Å². The minimum Gasteiger partial charge on any atom is -0.465 e. The van der Waals surface area contributed by atoms with Crippen molar-refractivity contribution in [3.63, 3.8) is 0 Å². The number of rotatable bonds is 7. The number of likely N-dealkylation sites (N-methyl/N-ethyl adjacent to an activating group) is 1. The van der Waals surface area contributed by atoms with E-state index in [-0.39, 0.29) is 12.0 Å². The Kier molecular flexibility index (Phi) is 6.52. The Morgan fingerprint density at radius 3 is 2.59 bits per heavy atom. The highest BCUT2D eigenvalue weighted by molar-refractivity contribution is 5.76. The van der Waals surface area contributed by atoms with E-state index in [9.17, 15) is 4.79 Å². The molecule has 0 aromatic rings. The monoisotopic (exact) mass is 242 g/mol. The maximum atomic E-state index is 11.9. The van der Waals surface area contributed by atoms with Gasteiger partial charge >= 0.3 is 5.97 Å². The summed E-state index contributed by atoms with van der Waals surface area (Å²) in [5.74, 6) is 0.398. The van der Waals surface area contributed by atoms with Gasteiger partial charge in [-0.3, -0.25) is 4.79 Å². The molecule has 1 saturated carbocycles. The van der Waals surface area contributed by atoms with Crippen molar-refractivity contribution in [2.45, 2.75) is 38.6 Å². The molecule has 0 radical (unpaired) electrons. The Bertz CT molecular complexity index is 225. The molecule has 0 aromatic heterocycles. The van der Waals surface area contributed by atoms with Gasteiger partial charge in [-0.05, 0) is 39.8 Å². The molecule has 0 spiro atoms. The van der Waals surface area contributed by atoms with Crippen LogP contribution in [0.3, 0.4) is 0 Å². The Morgan fingerprint density at radius 1 is 1.41 bits per heavy atom. The van der Waals surface area contributed by atoms with Crippen molar-refractivity contribution < 1.29 is 9.53 Å². The van der Waals surface area contributed by atoms with E-state index >= 15 is 0 Å². The van der Waals surface area contributed by atoms with Crippen molar-refractivity contribution in [1.29, 1.82) is 0 Å². The van der Waals surface area contributed by atoms with Crippen molar-refractivity contribution >= 4 is 5.97 Å². The van der Waals surface area contributed by atoms with Gasteiger partial charge in [0.05, 0.1) is 6.61 Å². The molecule has 100 valence electrons. The summed E-state index contributed by atoms with van der Waals surface area (Å²) >= 11 is 0. The predicted molar refractivity (Wildman–Crippen MR) is 68.9 cm³/mol. The van der Waals surface area contributed by atoms with Crippen LogP contribution in [0.4, 0.5) is 0 Å². The number of esters is 1. The first-order chi connectivity index (χ1) is 8.15. The third kappa shape index (κ3) is 5.04. The second-order valence-electron chi connectivity index (χ2n) is 5.03. The molecule has 1 aliphatic rings. The third-order valence-electron chi connectivity index (χ3n) is 3.34. The number of carbonyl (C=O) groups excluding carboxylic acids is 1. The molecule has 0 amide bonds. The molecule has 0 heterocycles. The van der Waals surface area contributed by atoms with Gasteiger partial charge in [-0.25, -0.2) is 0 Å². The Hall–Kier alpha value is -0.610. The number of nitrogens with zero attached hydrogens (tertiary/aromatic N) is 1. The van der Waals surface area contributed by atoms with Crippen molar-refractivity contribution in [2.75, 3.05) is 33.8 Å². The number of carbonyl (C=O) groups is 1. The van der Waals surface area contributed by atoms with E-state index in [1.807, 2.05) is 21.0 Å². The first-order valence-corrected chi connectivity index (χ1v) is 6.70. The first kappa shape index (κ1) is 14.5. The van der Waals surface area contributed by atoms with Crippen molar-refractivity contribution in [1.82, 2.24) is 10.2 Å². The minimum absolute atomic E-state index is 0.0712. The lowest BCUT2D eigenvalue weighted by molar-refractivity contribution is -0.147. The van der Waals surface area contributed by atoms with E-state index in [1.54, 1.807) is 0 Å². The minimum atomic E-state index is -0.0996. The summed E-state index contributed by atoms with van der Waals surface area (Å²) in [7, 11) is 4.08. The fourth-order valence-corrected chi connectivity index (χ4v) is 2.41. The number of hydrogen-bond donors (Lipinski definition) is 1. The summed E-state index contributed by atoms with van der Waals surface area (Å²) in [5.41, 5.74) is 0. The lowest BCUT2D eigenvalue weighted by Crippen LogP contribution is -2.45. The molecule has 0 aromatic carbocycles. The SMILES string of the molecule is CCOC(=O)C(NCCN(C)C)C1CCCC1. The first-order valence-electron chi connectivity index (χ1n) is 6.70. The molecule has 1 N–H and O–H groups in total. The van der Waals surface area contributed by atoms with Crippen LogP contribution >= 0.6 is 0 Å². The van der Waals surface area contributed by atoms with E-state index in [2.05, 4.69) is 10.2 Å². The molecule has 1 fully saturated rings. The summed E-state index contributed by atoms with van der Waals surface area (Å²) in [6.07, 6.45) is 4.79. The highest BCUT2D eigenvalue weighted by Crippen LogP contribution is 2.28. The van der Waals surface area contributed by atoms with E-state index in [4.69, 9.17) is 4.74 Å². The van der Waals surface area contributed by atoms with Crippen LogP contribution in [0, 0.1) is 5.92 Å². The zero-order valence-corrected chi connectivity index (χ0v) is 11.4. The van der Waals surface area contributed by atoms with Gasteiger partial charge in [0.15, 0.2) is 0 Å². The summed E-state index contributed by atoms with van der Waals surface area (Å²) in [6.45, 7) is 4.12. The quantitative estimate of drug-likeness (QED) is 0.682. The zero-order chi connectivity index (χ0) is 12.7. The molecule has 1 unspecified atom stereocenters. The van der Waals surface area contributed by atoms with Crippen molar-refractivity contribution in [3.05, 3.63) is 0 Å². The van der Waals surface area contributed by atoms with Crippen LogP contribution in [0.5, 0.6) is 0 Å². The summed E-state index contributed by atoms with van der Waals surface area (Å²) in [4.78, 5) is 14.0. The molecular formula is C13H26N2O2. The van der Waals surface area contributed by atoms with E-state index in [0.717, 1.165) is 25.9 Å². The van der Waals surface area contributed by atoms with Gasteiger partial charge in [0.25, 0.3) is 0 Å². The average Bonchev–Trinajstić information content (AvgIpc) is 2.77. The fourth-order valence-electron chi connectivity index (χ4n) is 2.41. The molecule has 4 nitrogen and oxygen atoms in total. The van der Waals surface area contributed by atoms with Gasteiger partial charge in [-0.2, -0.15) is 0 Å². The zero-order valence-electron chi connectivity index (χ0n) is 11.4. The maximum absolute atomic E-state index is 11.9. The van der Waals surface area contributed by atoms with Gasteiger partial charge in [0, 0.05) is 13.1 Å². The summed E-state index contributed by atoms with van der Waals surface area (Å²) in [6, 6.07) is -0.0996. The van der Waals surface area contributed by atoms with Crippen LogP contribution in [-0.2, 0) is 9.53 Å². The number of hydrogen-bond acceptors (Lipinski definition) is 4. The van der Waals surface area contributed by atoms with E-state index < -0.39 is 0 Å². The molecule has 1 rings (SSSR count). The molecule has 0 aliphatic heterocycles. The molecule has 1 aliphatic carbocycles. The largest absolute Gasteiger partial charge is 0.465 e. The van der Waals surface area contributed by atoms with Crippen LogP contribution in [0.1, 0.15) is 32.6 Å². The second-order valence-corrected chi connectivity index (χ2v) is 5.03. The van der Waals surface area contributed by atoms with Crippen LogP contribution in [0.25, 0.3) is 0 Å². The summed E-state index contributed by atoms with van der Waals surface area (Å²) in [5, 5.41) is 3.36. The molecule has 0 saturated heterocycles. The Morgan fingerprint density at radius 2 is 2.06 bits per heavy atom. The van der Waals surface area contributed by atoms with E-state index in [1.165, 1.54) is 12.8 Å². The highest BCUT2D eigenvalue weighted by Gasteiger charge is 2.31. The molecular weight excluding hydrogens is 216 g/mol. The van der Waals surface area contributed by atoms with Crippen molar-refractivity contribution in [2.24, 2.45) is 5.92 Å². The topological polar surface area (TPSA) is 41.6 Å². The predicted octanol–water partition coefficient (Wildman–Crippen LogP) is 1.26. The van der Waals surface area contributed by atoms with Crippen LogP contribution < -0.4 is 5.32 Å². The number of nitrogens with one attached hydrogen (secondary N) is 1. The molecule has 4 heteroatoms. The van der Waals surface area contributed by atoms with Crippen LogP contribution in [0.15, 0.2) is 0 Å². The van der Waals surface area contributed by atoms with Crippen LogP contribution in [0.2, 0.25) is 0 Å². The summed E-state index contributed by atoms with van der Waals surface area (Å²) < 4.78 is 5.16.